The van der Waals surface area contributed by atoms with Gasteiger partial charge in [0.05, 0.1) is 6.10 Å². The third-order valence-corrected chi connectivity index (χ3v) is 4.99. The monoisotopic (exact) mass is 339 g/mol. The summed E-state index contributed by atoms with van der Waals surface area (Å²) in [4.78, 5) is 0. The molecule has 0 aromatic heterocycles. The van der Waals surface area contributed by atoms with Crippen molar-refractivity contribution in [2.45, 2.75) is 51.2 Å². The van der Waals surface area contributed by atoms with Crippen molar-refractivity contribution in [3.63, 3.8) is 0 Å². The Morgan fingerprint density at radius 3 is 2.60 bits per heavy atom. The Bertz CT molecular complexity index is 683. The lowest BCUT2D eigenvalue weighted by atomic mass is 9.92. The Hall–Kier alpha value is -1.84. The smallest absolute Gasteiger partial charge is 0.119 e. The fourth-order valence-corrected chi connectivity index (χ4v) is 3.56. The molecule has 2 N–H and O–H groups in total. The minimum absolute atomic E-state index is 0.354. The molecular weight excluding hydrogens is 310 g/mol. The van der Waals surface area contributed by atoms with E-state index >= 15 is 0 Å². The molecule has 3 heteroatoms. The number of ether oxygens (including phenoxy) is 1. The molecule has 0 radical (unpaired) electrons. The van der Waals surface area contributed by atoms with Crippen LogP contribution < -0.4 is 10.1 Å². The summed E-state index contributed by atoms with van der Waals surface area (Å²) in [5.74, 6) is 0.885. The van der Waals surface area contributed by atoms with Crippen LogP contribution in [-0.2, 0) is 25.8 Å². The quantitative estimate of drug-likeness (QED) is 0.771. The molecule has 3 rings (SSSR count). The molecule has 1 aliphatic rings. The molecule has 1 aliphatic carbocycles. The highest BCUT2D eigenvalue weighted by Crippen LogP contribution is 2.25. The summed E-state index contributed by atoms with van der Waals surface area (Å²) in [5.41, 5.74) is 5.47. The van der Waals surface area contributed by atoms with E-state index in [2.05, 4.69) is 41.7 Å². The highest BCUT2D eigenvalue weighted by molar-refractivity contribution is 5.37. The minimum Gasteiger partial charge on any atom is -0.491 e. The number of nitrogens with one attached hydrogen (secondary N) is 1. The summed E-state index contributed by atoms with van der Waals surface area (Å²) >= 11 is 0. The SMILES string of the molecule is CNCc1ccccc1CCC(O)COc1ccc2c(c1)CCCC2. The Balaban J connectivity index is 1.49. The Morgan fingerprint density at radius 1 is 1.04 bits per heavy atom. The van der Waals surface area contributed by atoms with Crippen molar-refractivity contribution in [3.05, 3.63) is 64.7 Å². The molecule has 0 aliphatic heterocycles. The van der Waals surface area contributed by atoms with Crippen molar-refractivity contribution in [2.75, 3.05) is 13.7 Å². The summed E-state index contributed by atoms with van der Waals surface area (Å²) in [6.07, 6.45) is 6.03. The zero-order valence-corrected chi connectivity index (χ0v) is 15.1. The average Bonchev–Trinajstić information content (AvgIpc) is 2.66. The number of aliphatic hydroxyl groups is 1. The lowest BCUT2D eigenvalue weighted by Crippen LogP contribution is -2.19. The molecule has 25 heavy (non-hydrogen) atoms. The van der Waals surface area contributed by atoms with Gasteiger partial charge in [-0.05, 0) is 80.0 Å². The summed E-state index contributed by atoms with van der Waals surface area (Å²) < 4.78 is 5.84. The number of benzene rings is 2. The van der Waals surface area contributed by atoms with Crippen molar-refractivity contribution in [1.29, 1.82) is 0 Å². The summed E-state index contributed by atoms with van der Waals surface area (Å²) in [6, 6.07) is 14.8. The minimum atomic E-state index is -0.446. The van der Waals surface area contributed by atoms with Crippen LogP contribution >= 0.6 is 0 Å². The van der Waals surface area contributed by atoms with Crippen LogP contribution in [0.4, 0.5) is 0 Å². The van der Waals surface area contributed by atoms with Crippen molar-refractivity contribution >= 4 is 0 Å². The van der Waals surface area contributed by atoms with Gasteiger partial charge < -0.3 is 15.2 Å². The van der Waals surface area contributed by atoms with Gasteiger partial charge in [0.25, 0.3) is 0 Å². The van der Waals surface area contributed by atoms with Crippen molar-refractivity contribution in [1.82, 2.24) is 5.32 Å². The molecule has 0 bridgehead atoms. The zero-order valence-electron chi connectivity index (χ0n) is 15.1. The second-order valence-electron chi connectivity index (χ2n) is 6.94. The zero-order chi connectivity index (χ0) is 17.5. The van der Waals surface area contributed by atoms with Gasteiger partial charge in [-0.1, -0.05) is 30.3 Å². The number of fused-ring (bicyclic) bond motifs is 1. The number of rotatable bonds is 8. The third kappa shape index (κ3) is 5.07. The molecule has 2 aromatic rings. The number of hydrogen-bond donors (Lipinski definition) is 2. The van der Waals surface area contributed by atoms with Gasteiger partial charge in [0.1, 0.15) is 12.4 Å². The van der Waals surface area contributed by atoms with Crippen LogP contribution in [0.2, 0.25) is 0 Å². The van der Waals surface area contributed by atoms with E-state index in [0.29, 0.717) is 13.0 Å². The predicted octanol–water partition coefficient (Wildman–Crippen LogP) is 3.66. The molecule has 134 valence electrons. The Labute approximate surface area is 151 Å². The Morgan fingerprint density at radius 2 is 1.80 bits per heavy atom. The molecule has 1 unspecified atom stereocenters. The van der Waals surface area contributed by atoms with Crippen LogP contribution in [0.25, 0.3) is 0 Å². The van der Waals surface area contributed by atoms with E-state index in [4.69, 9.17) is 4.74 Å². The lowest BCUT2D eigenvalue weighted by molar-refractivity contribution is 0.100. The first kappa shape index (κ1) is 18.0. The van der Waals surface area contributed by atoms with Crippen LogP contribution in [0.1, 0.15) is 41.5 Å². The first-order valence-electron chi connectivity index (χ1n) is 9.40. The number of aryl methyl sites for hydroxylation is 3. The molecular formula is C22H29NO2. The van der Waals surface area contributed by atoms with Gasteiger partial charge in [-0.15, -0.1) is 0 Å². The van der Waals surface area contributed by atoms with E-state index in [1.807, 2.05) is 13.1 Å². The van der Waals surface area contributed by atoms with Crippen LogP contribution in [0.3, 0.4) is 0 Å². The van der Waals surface area contributed by atoms with Gasteiger partial charge in [0, 0.05) is 6.54 Å². The van der Waals surface area contributed by atoms with E-state index < -0.39 is 6.10 Å². The van der Waals surface area contributed by atoms with Gasteiger partial charge in [-0.2, -0.15) is 0 Å². The van der Waals surface area contributed by atoms with E-state index in [1.54, 1.807) is 0 Å². The average molecular weight is 339 g/mol. The standard InChI is InChI=1S/C22H29NO2/c1-23-15-20-9-5-3-7-18(20)10-12-21(24)16-25-22-13-11-17-6-2-4-8-19(17)14-22/h3,5,7,9,11,13-14,21,23-24H,2,4,6,8,10,12,15-16H2,1H3. The molecule has 0 amide bonds. The van der Waals surface area contributed by atoms with Crippen LogP contribution in [0, 0.1) is 0 Å². The van der Waals surface area contributed by atoms with E-state index in [9.17, 15) is 5.11 Å². The lowest BCUT2D eigenvalue weighted by Gasteiger charge is -2.18. The summed E-state index contributed by atoms with van der Waals surface area (Å²) in [7, 11) is 1.96. The van der Waals surface area contributed by atoms with Crippen LogP contribution in [0.15, 0.2) is 42.5 Å². The maximum Gasteiger partial charge on any atom is 0.119 e. The molecule has 2 aromatic carbocycles. The first-order chi connectivity index (χ1) is 12.3. The largest absolute Gasteiger partial charge is 0.491 e. The van der Waals surface area contributed by atoms with Gasteiger partial charge in [0.2, 0.25) is 0 Å². The molecule has 0 heterocycles. The van der Waals surface area contributed by atoms with Crippen molar-refractivity contribution in [3.8, 4) is 5.75 Å². The fourth-order valence-electron chi connectivity index (χ4n) is 3.56. The number of aliphatic hydroxyl groups excluding tert-OH is 1. The molecule has 1 atom stereocenters. The highest BCUT2D eigenvalue weighted by Gasteiger charge is 2.12. The van der Waals surface area contributed by atoms with E-state index in [1.165, 1.54) is 41.5 Å². The number of hydrogen-bond acceptors (Lipinski definition) is 3. The van der Waals surface area contributed by atoms with Crippen LogP contribution in [-0.4, -0.2) is 24.9 Å². The maximum atomic E-state index is 10.3. The molecule has 0 saturated heterocycles. The second kappa shape index (κ2) is 9.02. The van der Waals surface area contributed by atoms with Gasteiger partial charge >= 0.3 is 0 Å². The molecule has 0 fully saturated rings. The highest BCUT2D eigenvalue weighted by atomic mass is 16.5. The predicted molar refractivity (Wildman–Crippen MR) is 102 cm³/mol. The van der Waals surface area contributed by atoms with Gasteiger partial charge in [-0.3, -0.25) is 0 Å². The van der Waals surface area contributed by atoms with Gasteiger partial charge in [-0.25, -0.2) is 0 Å². The van der Waals surface area contributed by atoms with Crippen LogP contribution in [0.5, 0.6) is 5.75 Å². The Kier molecular flexibility index (Phi) is 6.48. The van der Waals surface area contributed by atoms with Crippen molar-refractivity contribution < 1.29 is 9.84 Å². The van der Waals surface area contributed by atoms with E-state index in [0.717, 1.165) is 25.1 Å². The molecule has 0 saturated carbocycles. The van der Waals surface area contributed by atoms with Crippen molar-refractivity contribution in [2.24, 2.45) is 0 Å². The maximum absolute atomic E-state index is 10.3. The summed E-state index contributed by atoms with van der Waals surface area (Å²) in [6.45, 7) is 1.21. The second-order valence-corrected chi connectivity index (χ2v) is 6.94. The van der Waals surface area contributed by atoms with E-state index in [-0.39, 0.29) is 0 Å². The van der Waals surface area contributed by atoms with Gasteiger partial charge in [0.15, 0.2) is 0 Å². The molecule has 0 spiro atoms. The summed E-state index contributed by atoms with van der Waals surface area (Å²) in [5, 5.41) is 13.5. The third-order valence-electron chi connectivity index (χ3n) is 4.99. The first-order valence-corrected chi connectivity index (χ1v) is 9.40. The topological polar surface area (TPSA) is 41.5 Å². The molecule has 3 nitrogen and oxygen atoms in total. The fraction of sp³-hybridized carbons (Fsp3) is 0.455. The normalized spacial score (nSPS) is 14.8.